The van der Waals surface area contributed by atoms with Crippen LogP contribution in [-0.4, -0.2) is 58.5 Å². The molecule has 2 N–H and O–H groups in total. The van der Waals surface area contributed by atoms with Gasteiger partial charge in [-0.2, -0.15) is 0 Å². The maximum absolute atomic E-state index is 13.7. The molecule has 2 aliphatic rings. The van der Waals surface area contributed by atoms with E-state index in [-0.39, 0.29) is 45.8 Å². The highest BCUT2D eigenvalue weighted by molar-refractivity contribution is 6.32. The van der Waals surface area contributed by atoms with Gasteiger partial charge < -0.3 is 10.2 Å². The van der Waals surface area contributed by atoms with E-state index < -0.39 is 0 Å². The zero-order chi connectivity index (χ0) is 57.9. The van der Waals surface area contributed by atoms with Crippen LogP contribution >= 0.6 is 0 Å². The molecule has 13 aromatic carbocycles. The molecule has 0 saturated carbocycles. The van der Waals surface area contributed by atoms with Crippen LogP contribution in [0.1, 0.15) is 105 Å². The summed E-state index contributed by atoms with van der Waals surface area (Å²) in [6, 6.07) is 66.3. The molecule has 398 valence electrons. The molecule has 10 nitrogen and oxygen atoms in total. The van der Waals surface area contributed by atoms with E-state index in [1.165, 1.54) is 12.1 Å². The van der Waals surface area contributed by atoms with Gasteiger partial charge in [0, 0.05) is 77.5 Å². The largest absolute Gasteiger partial charge is 0.507 e. The smallest absolute Gasteiger partial charge is 0.194 e. The van der Waals surface area contributed by atoms with Crippen LogP contribution < -0.4 is 0 Å². The Morgan fingerprint density at radius 1 is 0.226 bits per heavy atom. The number of phenolic OH excluding ortho intramolecular Hbond substituents is 2. The Hall–Kier alpha value is -11.6. The van der Waals surface area contributed by atoms with E-state index in [1.54, 1.807) is 36.4 Å². The third kappa shape index (κ3) is 8.97. The number of aromatic hydroxyl groups is 2. The van der Waals surface area contributed by atoms with Gasteiger partial charge in [0.15, 0.2) is 48.3 Å². The summed E-state index contributed by atoms with van der Waals surface area (Å²) in [6.45, 7) is 0. The zero-order valence-electron chi connectivity index (χ0n) is 44.3. The normalized spacial score (nSPS) is 12.2. The van der Waals surface area contributed by atoms with E-state index in [2.05, 4.69) is 0 Å². The lowest BCUT2D eigenvalue weighted by Crippen LogP contribution is -2.21. The molecule has 0 atom stereocenters. The standard InChI is InChI=1S/C44H22O4.C16H10O4.C14H10O2/c45-41-33-15-23-5-1-3-7-25(23)17-35(33)43(47)39-21-31-13-27(9-11-29(31)19-37(39)41)28-10-12-30-20-38-40(22-32(30)14-28)44(48)36-18-26-8-4-2-6-24(26)16-34(36)42(38)46;17-7-13-3-1-11(5-15(13)9-19)12-2-4-14(8-18)16(6-12)10-20;15-13-5-6-14(16)12-8-10-4-2-1-3-9(10)7-11(12)13/h1-22H;1-10H;1-8,15-16H. The van der Waals surface area contributed by atoms with Crippen molar-refractivity contribution in [1.29, 1.82) is 0 Å². The Labute approximate surface area is 478 Å². The molecule has 84 heavy (non-hydrogen) atoms. The molecule has 0 aliphatic heterocycles. The van der Waals surface area contributed by atoms with Crippen LogP contribution in [0.2, 0.25) is 0 Å². The van der Waals surface area contributed by atoms with Gasteiger partial charge >= 0.3 is 0 Å². The van der Waals surface area contributed by atoms with E-state index >= 15 is 0 Å². The topological polar surface area (TPSA) is 177 Å². The number of benzene rings is 13. The van der Waals surface area contributed by atoms with E-state index in [1.807, 2.05) is 170 Å². The number of rotatable bonds is 6. The van der Waals surface area contributed by atoms with Crippen molar-refractivity contribution in [2.75, 3.05) is 0 Å². The second kappa shape index (κ2) is 20.8. The van der Waals surface area contributed by atoms with Gasteiger partial charge in [-0.3, -0.25) is 38.4 Å². The van der Waals surface area contributed by atoms with Crippen LogP contribution in [0.3, 0.4) is 0 Å². The fourth-order valence-electron chi connectivity index (χ4n) is 11.4. The van der Waals surface area contributed by atoms with Crippen LogP contribution in [0.4, 0.5) is 0 Å². The number of carbonyl (C=O) groups excluding carboxylic acids is 8. The molecule has 10 heteroatoms. The van der Waals surface area contributed by atoms with E-state index in [9.17, 15) is 48.6 Å². The third-order valence-corrected chi connectivity index (χ3v) is 15.9. The summed E-state index contributed by atoms with van der Waals surface area (Å²) >= 11 is 0. The van der Waals surface area contributed by atoms with Gasteiger partial charge in [0.2, 0.25) is 0 Å². The molecule has 13 aromatic rings. The van der Waals surface area contributed by atoms with E-state index in [0.29, 0.717) is 103 Å². The van der Waals surface area contributed by atoms with Crippen LogP contribution in [-0.2, 0) is 0 Å². The summed E-state index contributed by atoms with van der Waals surface area (Å²) in [5.74, 6) is -0.197. The van der Waals surface area contributed by atoms with Crippen molar-refractivity contribution in [2.45, 2.75) is 0 Å². The van der Waals surface area contributed by atoms with Crippen LogP contribution in [0.15, 0.2) is 218 Å². The number of hydrogen-bond donors (Lipinski definition) is 2. The fourth-order valence-corrected chi connectivity index (χ4v) is 11.4. The molecule has 0 heterocycles. The maximum Gasteiger partial charge on any atom is 0.194 e. The van der Waals surface area contributed by atoms with Gasteiger partial charge in [0.1, 0.15) is 11.5 Å². The Morgan fingerprint density at radius 2 is 0.464 bits per heavy atom. The lowest BCUT2D eigenvalue weighted by atomic mass is 9.81. The molecule has 15 rings (SSSR count). The first-order valence-corrected chi connectivity index (χ1v) is 26.7. The third-order valence-electron chi connectivity index (χ3n) is 15.9. The monoisotopic (exact) mass is 1090 g/mol. The van der Waals surface area contributed by atoms with Gasteiger partial charge in [0.25, 0.3) is 0 Å². The van der Waals surface area contributed by atoms with Crippen molar-refractivity contribution >= 4 is 113 Å². The number of ketones is 4. The van der Waals surface area contributed by atoms with Crippen LogP contribution in [0.25, 0.3) is 86.9 Å². The van der Waals surface area contributed by atoms with Crippen molar-refractivity contribution in [1.82, 2.24) is 0 Å². The van der Waals surface area contributed by atoms with Crippen LogP contribution in [0.5, 0.6) is 11.5 Å². The first-order valence-electron chi connectivity index (χ1n) is 26.7. The minimum Gasteiger partial charge on any atom is -0.507 e. The quantitative estimate of drug-likeness (QED) is 0.0925. The molecule has 0 bridgehead atoms. The molecule has 2 aliphatic carbocycles. The Balaban J connectivity index is 0.000000149. The first kappa shape index (κ1) is 51.8. The first-order chi connectivity index (χ1) is 40.9. The number of phenols is 2. The highest BCUT2D eigenvalue weighted by Gasteiger charge is 2.32. The van der Waals surface area contributed by atoms with Crippen LogP contribution in [0, 0.1) is 0 Å². The Bertz CT molecular complexity index is 4790. The maximum atomic E-state index is 13.7. The van der Waals surface area contributed by atoms with Gasteiger partial charge in [-0.1, -0.05) is 121 Å². The second-order valence-electron chi connectivity index (χ2n) is 20.7. The molecule has 0 aromatic heterocycles. The second-order valence-corrected chi connectivity index (χ2v) is 20.7. The highest BCUT2D eigenvalue weighted by atomic mass is 16.3. The van der Waals surface area contributed by atoms with Crippen molar-refractivity contribution in [3.05, 3.63) is 285 Å². The number of hydrogen-bond acceptors (Lipinski definition) is 10. The number of carbonyl (C=O) groups is 8. The van der Waals surface area contributed by atoms with Crippen molar-refractivity contribution in [2.24, 2.45) is 0 Å². The summed E-state index contributed by atoms with van der Waals surface area (Å²) < 4.78 is 0. The summed E-state index contributed by atoms with van der Waals surface area (Å²) in [7, 11) is 0. The molecule has 0 unspecified atom stereocenters. The van der Waals surface area contributed by atoms with Crippen molar-refractivity contribution < 1.29 is 48.6 Å². The average Bonchev–Trinajstić information content (AvgIpc) is 2.09. The number of fused-ring (bicyclic) bond motifs is 10. The van der Waals surface area contributed by atoms with Gasteiger partial charge in [-0.25, -0.2) is 0 Å². The minimum atomic E-state index is -0.151. The van der Waals surface area contributed by atoms with Crippen molar-refractivity contribution in [3.63, 3.8) is 0 Å². The molecule has 0 radical (unpaired) electrons. The zero-order valence-corrected chi connectivity index (χ0v) is 44.3. The highest BCUT2D eigenvalue weighted by Crippen LogP contribution is 2.39. The lowest BCUT2D eigenvalue weighted by molar-refractivity contribution is 0.0979. The molecule has 0 amide bonds. The van der Waals surface area contributed by atoms with E-state index in [0.717, 1.165) is 65.0 Å². The van der Waals surface area contributed by atoms with Gasteiger partial charge in [0.05, 0.1) is 0 Å². The molecular formula is C74H42O10. The summed E-state index contributed by atoms with van der Waals surface area (Å²) in [4.78, 5) is 98.2. The minimum absolute atomic E-state index is 0.141. The predicted molar refractivity (Wildman–Crippen MR) is 327 cm³/mol. The molecular weight excluding hydrogens is 1050 g/mol. The van der Waals surface area contributed by atoms with Gasteiger partial charge in [-0.05, 0) is 173 Å². The molecule has 0 saturated heterocycles. The number of aldehydes is 4. The van der Waals surface area contributed by atoms with E-state index in [4.69, 9.17) is 0 Å². The Kier molecular flexibility index (Phi) is 12.8. The SMILES string of the molecule is O=C1c2cc3ccccc3cc2C(=O)c2cc3cc(-c4ccc5cc6c(cc5c4)C(=O)c4cc5ccccc5cc4C6=O)ccc3cc21.O=Cc1ccc(-c2ccc(C=O)c(C=O)c2)cc1C=O.Oc1ccc(O)c2cc3ccccc3cc12. The Morgan fingerprint density at radius 3 is 0.750 bits per heavy atom. The average molecular weight is 1090 g/mol. The molecule has 0 spiro atoms. The summed E-state index contributed by atoms with van der Waals surface area (Å²) in [6.07, 6.45) is 2.43. The summed E-state index contributed by atoms with van der Waals surface area (Å²) in [5, 5.41) is 30.1. The van der Waals surface area contributed by atoms with Crippen molar-refractivity contribution in [3.8, 4) is 33.8 Å². The fraction of sp³-hybridized carbons (Fsp3) is 0. The molecule has 0 fully saturated rings. The summed E-state index contributed by atoms with van der Waals surface area (Å²) in [5.41, 5.74) is 7.85. The predicted octanol–water partition coefficient (Wildman–Crippen LogP) is 15.5. The van der Waals surface area contributed by atoms with Gasteiger partial charge in [-0.15, -0.1) is 0 Å². The lowest BCUT2D eigenvalue weighted by Gasteiger charge is -2.20.